The second-order valence-electron chi connectivity index (χ2n) is 9.03. The number of carbonyl (C=O) groups excluding carboxylic acids is 1. The predicted octanol–water partition coefficient (Wildman–Crippen LogP) is 4.82. The SMILES string of the molecule is O=C(NC1CC12CCN(Cc1ccccc1)CC2)c1cccc2c1C=CCCC2. The Morgan fingerprint density at radius 2 is 1.90 bits per heavy atom. The van der Waals surface area contributed by atoms with Gasteiger partial charge in [-0.05, 0) is 79.8 Å². The zero-order chi connectivity index (χ0) is 19.7. The van der Waals surface area contributed by atoms with Gasteiger partial charge in [-0.3, -0.25) is 9.69 Å². The van der Waals surface area contributed by atoms with Gasteiger partial charge in [0.05, 0.1) is 0 Å². The smallest absolute Gasteiger partial charge is 0.252 e. The first-order valence-electron chi connectivity index (χ1n) is 11.1. The van der Waals surface area contributed by atoms with Crippen LogP contribution in [-0.4, -0.2) is 29.9 Å². The van der Waals surface area contributed by atoms with E-state index in [4.69, 9.17) is 0 Å². The number of fused-ring (bicyclic) bond motifs is 1. The molecule has 1 atom stereocenters. The van der Waals surface area contributed by atoms with E-state index in [2.05, 4.69) is 58.8 Å². The van der Waals surface area contributed by atoms with E-state index < -0.39 is 0 Å². The quantitative estimate of drug-likeness (QED) is 0.817. The molecule has 0 bridgehead atoms. The number of hydrogen-bond donors (Lipinski definition) is 1. The van der Waals surface area contributed by atoms with Crippen LogP contribution >= 0.6 is 0 Å². The van der Waals surface area contributed by atoms with Crippen molar-refractivity contribution in [2.45, 2.75) is 51.1 Å². The molecule has 150 valence electrons. The molecule has 3 nitrogen and oxygen atoms in total. The number of amides is 1. The van der Waals surface area contributed by atoms with Crippen LogP contribution in [0.15, 0.2) is 54.6 Å². The summed E-state index contributed by atoms with van der Waals surface area (Å²) in [5, 5.41) is 3.37. The van der Waals surface area contributed by atoms with Crippen molar-refractivity contribution >= 4 is 12.0 Å². The fourth-order valence-corrected chi connectivity index (χ4v) is 5.18. The van der Waals surface area contributed by atoms with Crippen LogP contribution in [0.25, 0.3) is 6.08 Å². The van der Waals surface area contributed by atoms with Crippen molar-refractivity contribution < 1.29 is 4.79 Å². The van der Waals surface area contributed by atoms with Crippen molar-refractivity contribution in [1.29, 1.82) is 0 Å². The fraction of sp³-hybridized carbons (Fsp3) is 0.423. The summed E-state index contributed by atoms with van der Waals surface area (Å²) in [6.07, 6.45) is 11.2. The maximum absolute atomic E-state index is 13.1. The number of rotatable bonds is 4. The van der Waals surface area contributed by atoms with Crippen molar-refractivity contribution in [3.05, 3.63) is 76.9 Å². The second kappa shape index (κ2) is 7.79. The average molecular weight is 387 g/mol. The molecule has 2 aromatic rings. The van der Waals surface area contributed by atoms with Crippen LogP contribution in [0, 0.1) is 5.41 Å². The normalized spacial score (nSPS) is 22.7. The average Bonchev–Trinajstić information content (AvgIpc) is 3.47. The minimum Gasteiger partial charge on any atom is -0.349 e. The Balaban J connectivity index is 1.19. The van der Waals surface area contributed by atoms with Crippen LogP contribution in [-0.2, 0) is 13.0 Å². The van der Waals surface area contributed by atoms with Gasteiger partial charge in [0, 0.05) is 18.2 Å². The number of hydrogen-bond acceptors (Lipinski definition) is 2. The lowest BCUT2D eigenvalue weighted by Gasteiger charge is -2.33. The third-order valence-electron chi connectivity index (χ3n) is 7.14. The molecule has 1 unspecified atom stereocenters. The minimum absolute atomic E-state index is 0.113. The minimum atomic E-state index is 0.113. The highest BCUT2D eigenvalue weighted by atomic mass is 16.1. The molecular formula is C26H30N2O. The molecule has 1 amide bonds. The molecule has 0 aromatic heterocycles. The Kier molecular flexibility index (Phi) is 5.01. The molecule has 29 heavy (non-hydrogen) atoms. The summed E-state index contributed by atoms with van der Waals surface area (Å²) in [7, 11) is 0. The van der Waals surface area contributed by atoms with E-state index in [9.17, 15) is 4.79 Å². The van der Waals surface area contributed by atoms with Crippen LogP contribution in [0.2, 0.25) is 0 Å². The van der Waals surface area contributed by atoms with Crippen LogP contribution in [0.3, 0.4) is 0 Å². The highest BCUT2D eigenvalue weighted by Gasteiger charge is 2.55. The summed E-state index contributed by atoms with van der Waals surface area (Å²) in [5.41, 5.74) is 5.02. The number of carbonyl (C=O) groups is 1. The van der Waals surface area contributed by atoms with Gasteiger partial charge in [0.2, 0.25) is 0 Å². The predicted molar refractivity (Wildman–Crippen MR) is 118 cm³/mol. The Labute approximate surface area is 173 Å². The van der Waals surface area contributed by atoms with Crippen LogP contribution in [0.4, 0.5) is 0 Å². The van der Waals surface area contributed by atoms with Crippen molar-refractivity contribution in [3.8, 4) is 0 Å². The number of allylic oxidation sites excluding steroid dienone is 1. The molecule has 1 spiro atoms. The molecule has 3 heteroatoms. The van der Waals surface area contributed by atoms with Gasteiger partial charge in [0.1, 0.15) is 0 Å². The zero-order valence-corrected chi connectivity index (χ0v) is 17.1. The Hall–Kier alpha value is -2.39. The molecule has 5 rings (SSSR count). The van der Waals surface area contributed by atoms with Crippen molar-refractivity contribution in [1.82, 2.24) is 10.2 Å². The molecule has 0 radical (unpaired) electrons. The number of nitrogens with zero attached hydrogens (tertiary/aromatic N) is 1. The summed E-state index contributed by atoms with van der Waals surface area (Å²) in [6.45, 7) is 3.30. The van der Waals surface area contributed by atoms with Gasteiger partial charge < -0.3 is 5.32 Å². The van der Waals surface area contributed by atoms with Gasteiger partial charge in [-0.2, -0.15) is 0 Å². The van der Waals surface area contributed by atoms with Gasteiger partial charge in [-0.1, -0.05) is 54.6 Å². The Morgan fingerprint density at radius 1 is 1.07 bits per heavy atom. The Bertz CT molecular complexity index is 910. The molecule has 2 fully saturated rings. The number of likely N-dealkylation sites (tertiary alicyclic amines) is 1. The van der Waals surface area contributed by atoms with Crippen molar-refractivity contribution in [3.63, 3.8) is 0 Å². The van der Waals surface area contributed by atoms with E-state index in [-0.39, 0.29) is 5.91 Å². The molecular weight excluding hydrogens is 356 g/mol. The highest BCUT2D eigenvalue weighted by molar-refractivity contribution is 5.98. The van der Waals surface area contributed by atoms with Gasteiger partial charge in [0.15, 0.2) is 0 Å². The van der Waals surface area contributed by atoms with Crippen LogP contribution in [0.1, 0.15) is 59.2 Å². The number of nitrogens with one attached hydrogen (secondary N) is 1. The highest BCUT2D eigenvalue weighted by Crippen LogP contribution is 2.54. The van der Waals surface area contributed by atoms with Gasteiger partial charge in [-0.15, -0.1) is 0 Å². The summed E-state index contributed by atoms with van der Waals surface area (Å²) in [5.74, 6) is 0.113. The first kappa shape index (κ1) is 18.6. The van der Waals surface area contributed by atoms with Gasteiger partial charge in [-0.25, -0.2) is 0 Å². The fourth-order valence-electron chi connectivity index (χ4n) is 5.18. The lowest BCUT2D eigenvalue weighted by molar-refractivity contribution is 0.0934. The first-order valence-corrected chi connectivity index (χ1v) is 11.1. The third-order valence-corrected chi connectivity index (χ3v) is 7.14. The first-order chi connectivity index (χ1) is 14.2. The van der Waals surface area contributed by atoms with E-state index in [1.54, 1.807) is 0 Å². The van der Waals surface area contributed by atoms with Crippen molar-refractivity contribution in [2.24, 2.45) is 5.41 Å². The van der Waals surface area contributed by atoms with Gasteiger partial charge in [0.25, 0.3) is 5.91 Å². The third kappa shape index (κ3) is 3.89. The maximum Gasteiger partial charge on any atom is 0.252 e. The molecule has 2 aliphatic carbocycles. The molecule has 1 saturated heterocycles. The largest absolute Gasteiger partial charge is 0.349 e. The van der Waals surface area contributed by atoms with Crippen LogP contribution in [0.5, 0.6) is 0 Å². The summed E-state index contributed by atoms with van der Waals surface area (Å²) < 4.78 is 0. The Morgan fingerprint density at radius 3 is 2.72 bits per heavy atom. The number of aryl methyl sites for hydroxylation is 1. The lowest BCUT2D eigenvalue weighted by atomic mass is 9.92. The summed E-state index contributed by atoms with van der Waals surface area (Å²) in [4.78, 5) is 15.6. The summed E-state index contributed by atoms with van der Waals surface area (Å²) >= 11 is 0. The van der Waals surface area contributed by atoms with E-state index in [0.29, 0.717) is 11.5 Å². The van der Waals surface area contributed by atoms with Gasteiger partial charge >= 0.3 is 0 Å². The lowest BCUT2D eigenvalue weighted by Crippen LogP contribution is -2.38. The standard InChI is InChI=1S/C26H30N2O/c29-25(23-13-7-11-21-10-5-2-6-12-22(21)23)27-24-18-26(24)14-16-28(17-15-26)19-20-8-3-1-4-9-20/h1,3-4,6-9,11-13,24H,2,5,10,14-19H2,(H,27,29). The number of piperidine rings is 1. The topological polar surface area (TPSA) is 32.3 Å². The maximum atomic E-state index is 13.1. The molecule has 3 aliphatic rings. The van der Waals surface area contributed by atoms with Crippen molar-refractivity contribution in [2.75, 3.05) is 13.1 Å². The monoisotopic (exact) mass is 386 g/mol. The van der Waals surface area contributed by atoms with E-state index >= 15 is 0 Å². The molecule has 1 saturated carbocycles. The molecule has 1 aliphatic heterocycles. The number of benzene rings is 2. The van der Waals surface area contributed by atoms with Crippen LogP contribution < -0.4 is 5.32 Å². The van der Waals surface area contributed by atoms with E-state index in [1.807, 2.05) is 12.1 Å². The zero-order valence-electron chi connectivity index (χ0n) is 17.1. The summed E-state index contributed by atoms with van der Waals surface area (Å²) in [6, 6.07) is 17.3. The molecule has 1 heterocycles. The molecule has 1 N–H and O–H groups in total. The van der Waals surface area contributed by atoms with E-state index in [1.165, 1.54) is 30.4 Å². The second-order valence-corrected chi connectivity index (χ2v) is 9.03. The van der Waals surface area contributed by atoms with E-state index in [0.717, 1.165) is 50.0 Å². The molecule has 2 aromatic carbocycles.